The minimum atomic E-state index is -0.0988. The second-order valence-corrected chi connectivity index (χ2v) is 2.27. The summed E-state index contributed by atoms with van der Waals surface area (Å²) >= 11 is 5.57. The van der Waals surface area contributed by atoms with Gasteiger partial charge in [-0.1, -0.05) is 18.2 Å². The van der Waals surface area contributed by atoms with Crippen LogP contribution >= 0.6 is 11.6 Å². The molecule has 0 bridgehead atoms. The molecule has 3 nitrogen and oxygen atoms in total. The van der Waals surface area contributed by atoms with Gasteiger partial charge < -0.3 is 10.7 Å². The quantitative estimate of drug-likeness (QED) is 0.307. The predicted octanol–water partition coefficient (Wildman–Crippen LogP) is 0.356. The van der Waals surface area contributed by atoms with E-state index in [0.29, 0.717) is 5.82 Å². The smallest absolute Gasteiger partial charge is 0.107 e. The van der Waals surface area contributed by atoms with Crippen molar-refractivity contribution in [1.82, 2.24) is 16.2 Å². The van der Waals surface area contributed by atoms with Gasteiger partial charge in [0.2, 0.25) is 0 Å². The van der Waals surface area contributed by atoms with Crippen molar-refractivity contribution >= 4 is 11.6 Å². The van der Waals surface area contributed by atoms with Gasteiger partial charge in [-0.15, -0.1) is 0 Å². The van der Waals surface area contributed by atoms with Gasteiger partial charge in [-0.3, -0.25) is 0 Å². The molecule has 0 fully saturated rings. The van der Waals surface area contributed by atoms with Gasteiger partial charge in [-0.2, -0.15) is 0 Å². The van der Waals surface area contributed by atoms with Crippen LogP contribution in [0.1, 0.15) is 6.92 Å². The second kappa shape index (κ2) is 4.47. The lowest BCUT2D eigenvalue weighted by molar-refractivity contribution is 0.613. The highest BCUT2D eigenvalue weighted by molar-refractivity contribution is 6.20. The van der Waals surface area contributed by atoms with Crippen molar-refractivity contribution in [2.45, 2.75) is 12.4 Å². The first kappa shape index (κ1) is 8.59. The Balaban J connectivity index is 3.27. The van der Waals surface area contributed by atoms with Gasteiger partial charge in [0, 0.05) is 7.05 Å². The zero-order chi connectivity index (χ0) is 7.28. The summed E-state index contributed by atoms with van der Waals surface area (Å²) < 4.78 is 0. The lowest BCUT2D eigenvalue weighted by Crippen LogP contribution is -2.35. The lowest BCUT2D eigenvalue weighted by Gasteiger charge is -2.11. The summed E-state index contributed by atoms with van der Waals surface area (Å²) in [5.74, 6) is 0.667. The van der Waals surface area contributed by atoms with Crippen LogP contribution in [0.25, 0.3) is 0 Å². The Morgan fingerprint density at radius 3 is 2.56 bits per heavy atom. The standard InChI is InChI=1S/C5H12ClN3/c1-4(6)8-5(2)9-7-3/h4,7-9H,2H2,1,3H3. The lowest BCUT2D eigenvalue weighted by atomic mass is 10.7. The molecule has 0 aliphatic carbocycles. The second-order valence-electron chi connectivity index (χ2n) is 1.61. The molecule has 1 atom stereocenters. The normalized spacial score (nSPS) is 12.3. The summed E-state index contributed by atoms with van der Waals surface area (Å²) in [4.78, 5) is 0. The molecule has 0 aliphatic rings. The summed E-state index contributed by atoms with van der Waals surface area (Å²) in [7, 11) is 1.76. The summed E-state index contributed by atoms with van der Waals surface area (Å²) in [6.07, 6.45) is 0. The van der Waals surface area contributed by atoms with Crippen molar-refractivity contribution in [3.63, 3.8) is 0 Å². The average molecular weight is 150 g/mol. The van der Waals surface area contributed by atoms with Crippen LogP contribution in [0.3, 0.4) is 0 Å². The summed E-state index contributed by atoms with van der Waals surface area (Å²) in [6, 6.07) is 0. The first-order valence-electron chi connectivity index (χ1n) is 2.69. The molecule has 0 radical (unpaired) electrons. The molecular weight excluding hydrogens is 138 g/mol. The highest BCUT2D eigenvalue weighted by Crippen LogP contribution is 1.88. The van der Waals surface area contributed by atoms with Crippen LogP contribution in [0.2, 0.25) is 0 Å². The van der Waals surface area contributed by atoms with Crippen molar-refractivity contribution < 1.29 is 0 Å². The maximum absolute atomic E-state index is 5.57. The molecule has 0 aromatic carbocycles. The molecule has 0 saturated carbocycles. The number of halogens is 1. The fourth-order valence-electron chi connectivity index (χ4n) is 0.427. The third-order valence-corrected chi connectivity index (χ3v) is 0.758. The Morgan fingerprint density at radius 2 is 2.22 bits per heavy atom. The molecule has 0 spiro atoms. The maximum Gasteiger partial charge on any atom is 0.107 e. The topological polar surface area (TPSA) is 36.1 Å². The molecule has 0 aromatic rings. The zero-order valence-electron chi connectivity index (χ0n) is 5.66. The maximum atomic E-state index is 5.57. The van der Waals surface area contributed by atoms with Crippen LogP contribution < -0.4 is 16.2 Å². The third-order valence-electron chi connectivity index (χ3n) is 0.649. The summed E-state index contributed by atoms with van der Waals surface area (Å²) in [5, 5.41) is 2.84. The summed E-state index contributed by atoms with van der Waals surface area (Å²) in [6.45, 7) is 5.44. The van der Waals surface area contributed by atoms with E-state index in [0.717, 1.165) is 0 Å². The van der Waals surface area contributed by atoms with Crippen molar-refractivity contribution in [1.29, 1.82) is 0 Å². The van der Waals surface area contributed by atoms with Crippen LogP contribution in [0.15, 0.2) is 12.4 Å². The Labute approximate surface area is 60.4 Å². The van der Waals surface area contributed by atoms with E-state index in [9.17, 15) is 0 Å². The van der Waals surface area contributed by atoms with Crippen LogP contribution in [0.5, 0.6) is 0 Å². The van der Waals surface area contributed by atoms with E-state index in [1.54, 1.807) is 7.05 Å². The van der Waals surface area contributed by atoms with Crippen molar-refractivity contribution in [2.75, 3.05) is 7.05 Å². The monoisotopic (exact) mass is 149 g/mol. The van der Waals surface area contributed by atoms with Gasteiger partial charge in [-0.25, -0.2) is 5.43 Å². The van der Waals surface area contributed by atoms with Gasteiger partial charge in [0.05, 0.1) is 5.50 Å². The fraction of sp³-hybridized carbons (Fsp3) is 0.600. The number of hydrogen-bond donors (Lipinski definition) is 3. The minimum Gasteiger partial charge on any atom is -0.356 e. The molecular formula is C5H12ClN3. The van der Waals surface area contributed by atoms with E-state index in [2.05, 4.69) is 22.7 Å². The molecule has 1 unspecified atom stereocenters. The van der Waals surface area contributed by atoms with Gasteiger partial charge >= 0.3 is 0 Å². The van der Waals surface area contributed by atoms with Crippen molar-refractivity contribution in [2.24, 2.45) is 0 Å². The number of hydrogen-bond acceptors (Lipinski definition) is 3. The van der Waals surface area contributed by atoms with E-state index in [4.69, 9.17) is 11.6 Å². The Morgan fingerprint density at radius 1 is 1.67 bits per heavy atom. The summed E-state index contributed by atoms with van der Waals surface area (Å²) in [5.41, 5.74) is 5.34. The van der Waals surface area contributed by atoms with E-state index in [1.807, 2.05) is 6.92 Å². The predicted molar refractivity (Wildman–Crippen MR) is 39.8 cm³/mol. The van der Waals surface area contributed by atoms with Crippen molar-refractivity contribution in [3.8, 4) is 0 Å². The molecule has 0 aliphatic heterocycles. The number of nitrogens with one attached hydrogen (secondary N) is 3. The highest BCUT2D eigenvalue weighted by Gasteiger charge is 1.93. The molecule has 0 rings (SSSR count). The molecule has 0 heterocycles. The van der Waals surface area contributed by atoms with E-state index in [-0.39, 0.29) is 5.50 Å². The third kappa shape index (κ3) is 5.46. The average Bonchev–Trinajstić information content (AvgIpc) is 1.63. The zero-order valence-corrected chi connectivity index (χ0v) is 6.42. The molecule has 54 valence electrons. The van der Waals surface area contributed by atoms with Crippen LogP contribution in [-0.4, -0.2) is 12.5 Å². The van der Waals surface area contributed by atoms with Gasteiger partial charge in [0.25, 0.3) is 0 Å². The Hall–Kier alpha value is -0.410. The molecule has 0 aromatic heterocycles. The Bertz CT molecular complexity index is 92.2. The highest BCUT2D eigenvalue weighted by atomic mass is 35.5. The van der Waals surface area contributed by atoms with E-state index in [1.165, 1.54) is 0 Å². The first-order chi connectivity index (χ1) is 4.16. The first-order valence-corrected chi connectivity index (χ1v) is 3.12. The van der Waals surface area contributed by atoms with Gasteiger partial charge in [-0.05, 0) is 6.92 Å². The van der Waals surface area contributed by atoms with Crippen molar-refractivity contribution in [3.05, 3.63) is 12.4 Å². The number of rotatable bonds is 4. The SMILES string of the molecule is C=C(NNC)NC(C)Cl. The minimum absolute atomic E-state index is 0.0988. The number of alkyl halides is 1. The molecule has 3 N–H and O–H groups in total. The molecule has 0 amide bonds. The Kier molecular flexibility index (Phi) is 4.26. The molecule has 9 heavy (non-hydrogen) atoms. The number of hydrazine groups is 1. The van der Waals surface area contributed by atoms with Crippen LogP contribution in [0.4, 0.5) is 0 Å². The van der Waals surface area contributed by atoms with Crippen LogP contribution in [-0.2, 0) is 0 Å². The van der Waals surface area contributed by atoms with Gasteiger partial charge in [0.1, 0.15) is 5.82 Å². The van der Waals surface area contributed by atoms with E-state index < -0.39 is 0 Å². The molecule has 4 heteroatoms. The van der Waals surface area contributed by atoms with Gasteiger partial charge in [0.15, 0.2) is 0 Å². The molecule has 0 saturated heterocycles. The van der Waals surface area contributed by atoms with E-state index >= 15 is 0 Å². The largest absolute Gasteiger partial charge is 0.356 e. The fourth-order valence-corrected chi connectivity index (χ4v) is 0.559. The van der Waals surface area contributed by atoms with Crippen LogP contribution in [0, 0.1) is 0 Å².